The van der Waals surface area contributed by atoms with E-state index < -0.39 is 41.9 Å². The molecule has 2 atom stereocenters. The molecule has 0 rings (SSSR count). The minimum absolute atomic E-state index is 0.0186. The van der Waals surface area contributed by atoms with Crippen LogP contribution in [0.4, 0.5) is 0 Å². The summed E-state index contributed by atoms with van der Waals surface area (Å²) in [5, 5.41) is 0. The molecule has 0 N–H and O–H groups in total. The average molecular weight is 637 g/mol. The first-order chi connectivity index (χ1) is 20.6. The third kappa shape index (κ3) is 26.6. The second-order valence-corrected chi connectivity index (χ2v) is 9.91. The first-order valence-electron chi connectivity index (χ1n) is 13.7. The van der Waals surface area contributed by atoms with Crippen LogP contribution < -0.4 is 0 Å². The van der Waals surface area contributed by atoms with Gasteiger partial charge in [-0.2, -0.15) is 0 Å². The fraction of sp³-hybridized carbons (Fsp3) is 0.455. The second-order valence-electron chi connectivity index (χ2n) is 9.91. The van der Waals surface area contributed by atoms with Crippen molar-refractivity contribution in [2.45, 2.75) is 74.0 Å². The van der Waals surface area contributed by atoms with Crippen molar-refractivity contribution >= 4 is 35.8 Å². The highest BCUT2D eigenvalue weighted by Crippen LogP contribution is 2.04. The van der Waals surface area contributed by atoms with Crippen molar-refractivity contribution in [1.82, 2.24) is 0 Å². The van der Waals surface area contributed by atoms with Crippen LogP contribution in [0.1, 0.15) is 61.8 Å². The van der Waals surface area contributed by atoms with E-state index in [2.05, 4.69) is 48.9 Å². The van der Waals surface area contributed by atoms with E-state index in [1.54, 1.807) is 55.4 Å². The molecular formula is C33H48O12. The Labute approximate surface area is 266 Å². The Balaban J connectivity index is -0.000000589. The van der Waals surface area contributed by atoms with Gasteiger partial charge in [-0.05, 0) is 55.4 Å². The van der Waals surface area contributed by atoms with E-state index in [9.17, 15) is 28.8 Å². The number of ether oxygens (including phenoxy) is 6. The van der Waals surface area contributed by atoms with Crippen molar-refractivity contribution in [1.29, 1.82) is 0 Å². The Morgan fingerprint density at radius 1 is 0.422 bits per heavy atom. The molecule has 0 saturated heterocycles. The lowest BCUT2D eigenvalue weighted by molar-refractivity contribution is -0.152. The van der Waals surface area contributed by atoms with E-state index in [0.717, 1.165) is 0 Å². The molecule has 0 aromatic carbocycles. The molecule has 0 bridgehead atoms. The van der Waals surface area contributed by atoms with Crippen molar-refractivity contribution in [3.63, 3.8) is 0 Å². The van der Waals surface area contributed by atoms with Crippen LogP contribution in [-0.4, -0.2) is 74.5 Å². The molecule has 0 saturated carbocycles. The lowest BCUT2D eigenvalue weighted by Gasteiger charge is -2.13. The molecule has 0 aromatic heterocycles. The summed E-state index contributed by atoms with van der Waals surface area (Å²) in [7, 11) is 0. The Bertz CT molecular complexity index is 1110. The van der Waals surface area contributed by atoms with Crippen LogP contribution in [-0.2, 0) is 57.2 Å². The summed E-state index contributed by atoms with van der Waals surface area (Å²) in [5.41, 5.74) is 1.96. The van der Waals surface area contributed by atoms with E-state index in [-0.39, 0.29) is 32.5 Å². The van der Waals surface area contributed by atoms with Gasteiger partial charge in [-0.1, -0.05) is 39.5 Å². The van der Waals surface area contributed by atoms with Gasteiger partial charge in [0.05, 0.1) is 6.61 Å². The lowest BCUT2D eigenvalue weighted by atomic mass is 10.3. The van der Waals surface area contributed by atoms with Crippen LogP contribution in [0.25, 0.3) is 0 Å². The van der Waals surface area contributed by atoms with Crippen molar-refractivity contribution in [2.24, 2.45) is 0 Å². The summed E-state index contributed by atoms with van der Waals surface area (Å²) >= 11 is 0. The zero-order valence-electron chi connectivity index (χ0n) is 27.8. The molecule has 2 unspecified atom stereocenters. The van der Waals surface area contributed by atoms with Crippen LogP contribution in [0, 0.1) is 0 Å². The SMILES string of the molecule is C=C(C)C(=O)OCC(C)OC(=O)C(=C)C.C=C(C)C(=O)OCCC(C)OC(=O)C(=C)C.C=C(C)C(=O)OCCOC(=O)C(=C)C. The molecule has 45 heavy (non-hydrogen) atoms. The minimum Gasteiger partial charge on any atom is -0.462 e. The zero-order chi connectivity index (χ0) is 35.9. The Kier molecular flexibility index (Phi) is 24.5. The highest BCUT2D eigenvalue weighted by Gasteiger charge is 2.13. The number of rotatable bonds is 16. The van der Waals surface area contributed by atoms with E-state index in [0.29, 0.717) is 39.9 Å². The molecule has 0 heterocycles. The highest BCUT2D eigenvalue weighted by atomic mass is 16.6. The van der Waals surface area contributed by atoms with Crippen molar-refractivity contribution in [3.8, 4) is 0 Å². The zero-order valence-corrected chi connectivity index (χ0v) is 27.8. The molecule has 0 aliphatic rings. The maximum atomic E-state index is 11.1. The summed E-state index contributed by atoms with van der Waals surface area (Å²) < 4.78 is 28.9. The largest absolute Gasteiger partial charge is 0.462 e. The van der Waals surface area contributed by atoms with Gasteiger partial charge in [-0.15, -0.1) is 0 Å². The minimum atomic E-state index is -0.492. The summed E-state index contributed by atoms with van der Waals surface area (Å²) in [6.07, 6.45) is -0.336. The normalized spacial score (nSPS) is 10.7. The quantitative estimate of drug-likeness (QED) is 0.0984. The fourth-order valence-electron chi connectivity index (χ4n) is 1.93. The van der Waals surface area contributed by atoms with Crippen LogP contribution in [0.5, 0.6) is 0 Å². The maximum Gasteiger partial charge on any atom is 0.333 e. The molecule has 0 radical (unpaired) electrons. The van der Waals surface area contributed by atoms with Crippen LogP contribution in [0.2, 0.25) is 0 Å². The molecule has 12 nitrogen and oxygen atoms in total. The van der Waals surface area contributed by atoms with Gasteiger partial charge in [0.1, 0.15) is 32.0 Å². The third-order valence-corrected chi connectivity index (χ3v) is 4.46. The van der Waals surface area contributed by atoms with Crippen molar-refractivity contribution in [3.05, 3.63) is 72.9 Å². The Hall–Kier alpha value is -4.74. The van der Waals surface area contributed by atoms with Crippen LogP contribution in [0.3, 0.4) is 0 Å². The predicted molar refractivity (Wildman–Crippen MR) is 168 cm³/mol. The topological polar surface area (TPSA) is 158 Å². The summed E-state index contributed by atoms with van der Waals surface area (Å²) in [4.78, 5) is 65.8. The molecule has 0 fully saturated rings. The van der Waals surface area contributed by atoms with E-state index in [1.165, 1.54) is 0 Å². The number of hydrogen-bond donors (Lipinski definition) is 0. The first-order valence-corrected chi connectivity index (χ1v) is 13.7. The van der Waals surface area contributed by atoms with Crippen LogP contribution in [0.15, 0.2) is 72.9 Å². The number of carbonyl (C=O) groups excluding carboxylic acids is 6. The number of hydrogen-bond acceptors (Lipinski definition) is 12. The summed E-state index contributed by atoms with van der Waals surface area (Å²) in [6.45, 7) is 33.6. The average Bonchev–Trinajstić information content (AvgIpc) is 2.93. The van der Waals surface area contributed by atoms with Crippen molar-refractivity contribution in [2.75, 3.05) is 26.4 Å². The molecule has 12 heteroatoms. The van der Waals surface area contributed by atoms with Gasteiger partial charge in [0, 0.05) is 39.9 Å². The first kappa shape index (κ1) is 44.7. The van der Waals surface area contributed by atoms with E-state index in [4.69, 9.17) is 18.9 Å². The predicted octanol–water partition coefficient (Wildman–Crippen LogP) is 4.84. The van der Waals surface area contributed by atoms with E-state index >= 15 is 0 Å². The van der Waals surface area contributed by atoms with Gasteiger partial charge in [0.2, 0.25) is 0 Å². The smallest absolute Gasteiger partial charge is 0.333 e. The molecular weight excluding hydrogens is 588 g/mol. The van der Waals surface area contributed by atoms with Gasteiger partial charge in [-0.3, -0.25) is 0 Å². The number of esters is 6. The maximum absolute atomic E-state index is 11.1. The Morgan fingerprint density at radius 2 is 0.689 bits per heavy atom. The second kappa shape index (κ2) is 24.7. The van der Waals surface area contributed by atoms with Gasteiger partial charge in [-0.25, -0.2) is 28.8 Å². The third-order valence-electron chi connectivity index (χ3n) is 4.46. The fourth-order valence-corrected chi connectivity index (χ4v) is 1.93. The van der Waals surface area contributed by atoms with Gasteiger partial charge >= 0.3 is 35.8 Å². The van der Waals surface area contributed by atoms with Gasteiger partial charge in [0.15, 0.2) is 0 Å². The Morgan fingerprint density at radius 3 is 1.00 bits per heavy atom. The molecule has 0 amide bonds. The molecule has 0 aliphatic carbocycles. The van der Waals surface area contributed by atoms with Crippen molar-refractivity contribution < 1.29 is 57.2 Å². The summed E-state index contributed by atoms with van der Waals surface area (Å²) in [6, 6.07) is 0. The monoisotopic (exact) mass is 636 g/mol. The van der Waals surface area contributed by atoms with Gasteiger partial charge < -0.3 is 28.4 Å². The van der Waals surface area contributed by atoms with Gasteiger partial charge in [0.25, 0.3) is 0 Å². The van der Waals surface area contributed by atoms with E-state index in [1.807, 2.05) is 0 Å². The lowest BCUT2D eigenvalue weighted by Crippen LogP contribution is -2.22. The standard InChI is InChI=1S/C12H18O4.C11H16O4.C10H14O4/c1-8(2)11(13)15-7-6-10(5)16-12(14)9(3)4;1-7(2)10(12)14-6-9(5)15-11(13)8(3)4;1-7(2)9(11)13-5-6-14-10(12)8(3)4/h10H,1,3,6-7H2,2,4-5H3;9H,1,3,6H2,2,4-5H3;1,3,5-6H2,2,4H3. The molecule has 0 aromatic rings. The highest BCUT2D eigenvalue weighted by molar-refractivity contribution is 5.89. The molecule has 0 aliphatic heterocycles. The molecule has 252 valence electrons. The number of carbonyl (C=O) groups is 6. The molecule has 0 spiro atoms. The van der Waals surface area contributed by atoms with Crippen LogP contribution >= 0.6 is 0 Å². The summed E-state index contributed by atoms with van der Waals surface area (Å²) in [5.74, 6) is -2.83.